The number of sulfonamides is 1. The molecular weight excluding hydrogens is 274 g/mol. The Morgan fingerprint density at radius 1 is 1.15 bits per heavy atom. The minimum Gasteiger partial charge on any atom is -0.321 e. The molecule has 0 aliphatic carbocycles. The van der Waals surface area contributed by atoms with Gasteiger partial charge in [0.1, 0.15) is 0 Å². The third-order valence-corrected chi connectivity index (χ3v) is 5.09. The van der Waals surface area contributed by atoms with Gasteiger partial charge >= 0.3 is 0 Å². The fourth-order valence-electron chi connectivity index (χ4n) is 2.59. The topological polar surface area (TPSA) is 66.6 Å². The van der Waals surface area contributed by atoms with Crippen molar-refractivity contribution in [2.45, 2.75) is 12.5 Å². The Morgan fingerprint density at radius 2 is 1.70 bits per heavy atom. The molecule has 2 N–H and O–H groups in total. The number of rotatable bonds is 4. The molecule has 1 fully saturated rings. The largest absolute Gasteiger partial charge is 0.321 e. The van der Waals surface area contributed by atoms with E-state index in [-0.39, 0.29) is 0 Å². The minimum absolute atomic E-state index is 0.422. The lowest BCUT2D eigenvalue weighted by Gasteiger charge is -2.38. The van der Waals surface area contributed by atoms with Gasteiger partial charge in [0, 0.05) is 32.7 Å². The number of hydrogen-bond donors (Lipinski definition) is 1. The van der Waals surface area contributed by atoms with Gasteiger partial charge in [-0.3, -0.25) is 4.90 Å². The van der Waals surface area contributed by atoms with Crippen LogP contribution < -0.4 is 5.73 Å². The van der Waals surface area contributed by atoms with E-state index >= 15 is 0 Å². The Morgan fingerprint density at radius 3 is 2.20 bits per heavy atom. The summed E-state index contributed by atoms with van der Waals surface area (Å²) >= 11 is 0. The van der Waals surface area contributed by atoms with Gasteiger partial charge in [0.25, 0.3) is 0 Å². The molecule has 1 aromatic carbocycles. The highest BCUT2D eigenvalue weighted by Crippen LogP contribution is 2.19. The zero-order valence-corrected chi connectivity index (χ0v) is 12.9. The highest BCUT2D eigenvalue weighted by Gasteiger charge is 2.28. The number of nitrogens with zero attached hydrogens (tertiary/aromatic N) is 2. The lowest BCUT2D eigenvalue weighted by atomic mass is 9.92. The monoisotopic (exact) mass is 297 g/mol. The first-order chi connectivity index (χ1) is 9.29. The summed E-state index contributed by atoms with van der Waals surface area (Å²) in [5, 5.41) is 0. The molecule has 0 saturated carbocycles. The Kier molecular flexibility index (Phi) is 4.49. The fourth-order valence-corrected chi connectivity index (χ4v) is 3.42. The van der Waals surface area contributed by atoms with Crippen LogP contribution in [0, 0.1) is 0 Å². The Bertz CT molecular complexity index is 535. The van der Waals surface area contributed by atoms with Gasteiger partial charge in [-0.25, -0.2) is 8.42 Å². The standard InChI is InChI=1S/C14H23N3O2S/c1-14(15,13-6-4-3-5-7-13)12-16-8-10-17(11-9-16)20(2,18)19/h3-7H,8-12,15H2,1-2H3. The predicted molar refractivity (Wildman–Crippen MR) is 80.8 cm³/mol. The van der Waals surface area contributed by atoms with Crippen molar-refractivity contribution in [3.63, 3.8) is 0 Å². The van der Waals surface area contributed by atoms with Crippen LogP contribution in [0.4, 0.5) is 0 Å². The first kappa shape index (κ1) is 15.4. The lowest BCUT2D eigenvalue weighted by molar-refractivity contribution is 0.157. The van der Waals surface area contributed by atoms with Crippen molar-refractivity contribution >= 4 is 10.0 Å². The lowest BCUT2D eigenvalue weighted by Crippen LogP contribution is -2.53. The number of nitrogens with two attached hydrogens (primary N) is 1. The van der Waals surface area contributed by atoms with Gasteiger partial charge in [0.15, 0.2) is 0 Å². The second kappa shape index (κ2) is 5.81. The molecule has 20 heavy (non-hydrogen) atoms. The van der Waals surface area contributed by atoms with Crippen LogP contribution in [0.1, 0.15) is 12.5 Å². The number of benzene rings is 1. The Balaban J connectivity index is 1.96. The summed E-state index contributed by atoms with van der Waals surface area (Å²) in [4.78, 5) is 2.23. The van der Waals surface area contributed by atoms with E-state index in [1.54, 1.807) is 0 Å². The Labute approximate surface area is 121 Å². The summed E-state index contributed by atoms with van der Waals surface area (Å²) in [6.45, 7) is 5.30. The van der Waals surface area contributed by atoms with Crippen LogP contribution in [0.5, 0.6) is 0 Å². The number of hydrogen-bond acceptors (Lipinski definition) is 4. The first-order valence-corrected chi connectivity index (χ1v) is 8.66. The zero-order valence-electron chi connectivity index (χ0n) is 12.1. The van der Waals surface area contributed by atoms with Crippen LogP contribution in [-0.4, -0.2) is 56.6 Å². The van der Waals surface area contributed by atoms with Crippen LogP contribution in [0.3, 0.4) is 0 Å². The van der Waals surface area contributed by atoms with E-state index in [0.29, 0.717) is 13.1 Å². The average Bonchev–Trinajstić information content (AvgIpc) is 2.39. The van der Waals surface area contributed by atoms with Crippen molar-refractivity contribution in [2.24, 2.45) is 5.73 Å². The van der Waals surface area contributed by atoms with Gasteiger partial charge in [-0.1, -0.05) is 30.3 Å². The maximum Gasteiger partial charge on any atom is 0.211 e. The molecule has 0 bridgehead atoms. The Hall–Kier alpha value is -0.950. The van der Waals surface area contributed by atoms with Crippen molar-refractivity contribution in [2.75, 3.05) is 39.0 Å². The minimum atomic E-state index is -3.07. The molecule has 5 nitrogen and oxygen atoms in total. The molecule has 0 aromatic heterocycles. The quantitative estimate of drug-likeness (QED) is 0.875. The molecule has 1 aliphatic rings. The predicted octanol–water partition coefficient (Wildman–Crippen LogP) is 0.438. The van der Waals surface area contributed by atoms with Gasteiger partial charge in [0.2, 0.25) is 10.0 Å². The van der Waals surface area contributed by atoms with E-state index in [0.717, 1.165) is 25.2 Å². The van der Waals surface area contributed by atoms with Gasteiger partial charge in [-0.05, 0) is 12.5 Å². The van der Waals surface area contributed by atoms with Gasteiger partial charge in [0.05, 0.1) is 11.8 Å². The highest BCUT2D eigenvalue weighted by molar-refractivity contribution is 7.88. The molecule has 2 rings (SSSR count). The SMILES string of the molecule is CC(N)(CN1CCN(S(C)(=O)=O)CC1)c1ccccc1. The molecule has 1 saturated heterocycles. The summed E-state index contributed by atoms with van der Waals surface area (Å²) in [6.07, 6.45) is 1.26. The molecule has 1 atom stereocenters. The van der Waals surface area contributed by atoms with Crippen LogP contribution in [-0.2, 0) is 15.6 Å². The van der Waals surface area contributed by atoms with Crippen molar-refractivity contribution in [3.8, 4) is 0 Å². The second-order valence-corrected chi connectivity index (χ2v) is 7.70. The summed E-state index contributed by atoms with van der Waals surface area (Å²) in [5.74, 6) is 0. The van der Waals surface area contributed by atoms with Crippen LogP contribution in [0.25, 0.3) is 0 Å². The van der Waals surface area contributed by atoms with E-state index in [9.17, 15) is 8.42 Å². The van der Waals surface area contributed by atoms with E-state index in [2.05, 4.69) is 4.90 Å². The molecular formula is C14H23N3O2S. The molecule has 1 unspecified atom stereocenters. The second-order valence-electron chi connectivity index (χ2n) is 5.72. The van der Waals surface area contributed by atoms with Crippen molar-refractivity contribution in [1.29, 1.82) is 0 Å². The van der Waals surface area contributed by atoms with Gasteiger partial charge in [-0.2, -0.15) is 4.31 Å². The smallest absolute Gasteiger partial charge is 0.211 e. The zero-order chi connectivity index (χ0) is 14.8. The van der Waals surface area contributed by atoms with Gasteiger partial charge in [-0.15, -0.1) is 0 Å². The van der Waals surface area contributed by atoms with E-state index in [1.165, 1.54) is 10.6 Å². The molecule has 0 amide bonds. The van der Waals surface area contributed by atoms with Crippen molar-refractivity contribution in [3.05, 3.63) is 35.9 Å². The molecule has 1 aromatic rings. The van der Waals surface area contributed by atoms with Crippen LogP contribution in [0.2, 0.25) is 0 Å². The van der Waals surface area contributed by atoms with E-state index in [1.807, 2.05) is 37.3 Å². The molecule has 1 aliphatic heterocycles. The molecule has 0 radical (unpaired) electrons. The third-order valence-electron chi connectivity index (χ3n) is 3.79. The average molecular weight is 297 g/mol. The maximum absolute atomic E-state index is 11.5. The maximum atomic E-state index is 11.5. The summed E-state index contributed by atoms with van der Waals surface area (Å²) in [7, 11) is -3.07. The van der Waals surface area contributed by atoms with Crippen LogP contribution >= 0.6 is 0 Å². The fraction of sp³-hybridized carbons (Fsp3) is 0.571. The van der Waals surface area contributed by atoms with Gasteiger partial charge < -0.3 is 5.73 Å². The van der Waals surface area contributed by atoms with Crippen molar-refractivity contribution in [1.82, 2.24) is 9.21 Å². The summed E-state index contributed by atoms with van der Waals surface area (Å²) in [6, 6.07) is 10.0. The van der Waals surface area contributed by atoms with E-state index in [4.69, 9.17) is 5.73 Å². The molecule has 112 valence electrons. The highest BCUT2D eigenvalue weighted by atomic mass is 32.2. The normalized spacial score (nSPS) is 21.6. The molecule has 6 heteroatoms. The molecule has 1 heterocycles. The van der Waals surface area contributed by atoms with Crippen molar-refractivity contribution < 1.29 is 8.42 Å². The first-order valence-electron chi connectivity index (χ1n) is 6.81. The van der Waals surface area contributed by atoms with E-state index < -0.39 is 15.6 Å². The van der Waals surface area contributed by atoms with Crippen LogP contribution in [0.15, 0.2) is 30.3 Å². The third kappa shape index (κ3) is 3.79. The summed E-state index contributed by atoms with van der Waals surface area (Å²) < 4.78 is 24.5. The molecule has 0 spiro atoms. The summed E-state index contributed by atoms with van der Waals surface area (Å²) in [5.41, 5.74) is 7.10. The number of piperazine rings is 1.